The van der Waals surface area contributed by atoms with Crippen molar-refractivity contribution >= 4 is 22.6 Å². The van der Waals surface area contributed by atoms with Crippen molar-refractivity contribution in [1.82, 2.24) is 4.90 Å². The average Bonchev–Trinajstić information content (AvgIpc) is 2.31. The summed E-state index contributed by atoms with van der Waals surface area (Å²) < 4.78 is 1.55. The van der Waals surface area contributed by atoms with E-state index in [9.17, 15) is 0 Å². The maximum Gasteiger partial charge on any atom is 0.0290 e. The summed E-state index contributed by atoms with van der Waals surface area (Å²) >= 11 is 2.49. The number of nitrogens with zero attached hydrogens (tertiary/aromatic N) is 1. The van der Waals surface area contributed by atoms with Crippen LogP contribution in [-0.4, -0.2) is 17.5 Å². The van der Waals surface area contributed by atoms with Gasteiger partial charge in [0.25, 0.3) is 0 Å². The molecule has 0 fully saturated rings. The van der Waals surface area contributed by atoms with E-state index < -0.39 is 0 Å². The Bertz CT molecular complexity index is 383. The third-order valence-electron chi connectivity index (χ3n) is 3.45. The van der Waals surface area contributed by atoms with Crippen LogP contribution in [0.1, 0.15) is 25.8 Å². The summed E-state index contributed by atoms with van der Waals surface area (Å²) in [6, 6.07) is 11.3. The molecule has 0 bridgehead atoms. The van der Waals surface area contributed by atoms with Gasteiger partial charge in [0.1, 0.15) is 0 Å². The van der Waals surface area contributed by atoms with E-state index in [-0.39, 0.29) is 0 Å². The number of halogens is 1. The Kier molecular flexibility index (Phi) is 4.03. The van der Waals surface area contributed by atoms with Gasteiger partial charge in [0.05, 0.1) is 0 Å². The first-order valence-electron chi connectivity index (χ1n) is 5.81. The lowest BCUT2D eigenvalue weighted by Crippen LogP contribution is -2.37. The van der Waals surface area contributed by atoms with E-state index >= 15 is 0 Å². The zero-order valence-electron chi connectivity index (χ0n) is 9.91. The van der Waals surface area contributed by atoms with Gasteiger partial charge < -0.3 is 0 Å². The van der Waals surface area contributed by atoms with E-state index in [1.807, 2.05) is 0 Å². The van der Waals surface area contributed by atoms with Crippen LogP contribution in [-0.2, 0) is 6.54 Å². The fourth-order valence-electron chi connectivity index (χ4n) is 2.17. The summed E-state index contributed by atoms with van der Waals surface area (Å²) in [7, 11) is 0. The van der Waals surface area contributed by atoms with Crippen molar-refractivity contribution in [2.45, 2.75) is 32.9 Å². The lowest BCUT2D eigenvalue weighted by molar-refractivity contribution is 0.216. The van der Waals surface area contributed by atoms with Crippen molar-refractivity contribution in [2.75, 3.05) is 6.54 Å². The molecule has 0 radical (unpaired) electrons. The minimum atomic E-state index is 0.584. The Labute approximate surface area is 112 Å². The SMILES string of the molecule is CC1=C(I)CCN(Cc2ccccc2)C1C. The largest absolute Gasteiger partial charge is 0.292 e. The van der Waals surface area contributed by atoms with Crippen molar-refractivity contribution in [3.63, 3.8) is 0 Å². The van der Waals surface area contributed by atoms with Crippen LogP contribution < -0.4 is 0 Å². The summed E-state index contributed by atoms with van der Waals surface area (Å²) in [4.78, 5) is 2.56. The third-order valence-corrected chi connectivity index (χ3v) is 4.84. The molecule has 1 aromatic rings. The molecule has 1 atom stereocenters. The quantitative estimate of drug-likeness (QED) is 0.743. The van der Waals surface area contributed by atoms with E-state index in [2.05, 4.69) is 71.7 Å². The predicted molar refractivity (Wildman–Crippen MR) is 77.7 cm³/mol. The van der Waals surface area contributed by atoms with Crippen LogP contribution in [0.3, 0.4) is 0 Å². The van der Waals surface area contributed by atoms with Crippen LogP contribution >= 0.6 is 22.6 Å². The molecule has 1 nitrogen and oxygen atoms in total. The van der Waals surface area contributed by atoms with Gasteiger partial charge in [0.2, 0.25) is 0 Å². The smallest absolute Gasteiger partial charge is 0.0290 e. The molecular weight excluding hydrogens is 309 g/mol. The first-order chi connectivity index (χ1) is 7.68. The van der Waals surface area contributed by atoms with Crippen LogP contribution in [0.25, 0.3) is 0 Å². The average molecular weight is 327 g/mol. The zero-order chi connectivity index (χ0) is 11.5. The van der Waals surface area contributed by atoms with Gasteiger partial charge in [-0.3, -0.25) is 4.90 Å². The summed E-state index contributed by atoms with van der Waals surface area (Å²) in [5, 5.41) is 0. The van der Waals surface area contributed by atoms with Crippen molar-refractivity contribution < 1.29 is 0 Å². The molecule has 1 heterocycles. The van der Waals surface area contributed by atoms with E-state index in [4.69, 9.17) is 0 Å². The maximum atomic E-state index is 2.56. The highest BCUT2D eigenvalue weighted by Gasteiger charge is 2.22. The highest BCUT2D eigenvalue weighted by molar-refractivity contribution is 14.1. The van der Waals surface area contributed by atoms with E-state index in [0.29, 0.717) is 6.04 Å². The van der Waals surface area contributed by atoms with Crippen LogP contribution in [0.2, 0.25) is 0 Å². The Morgan fingerprint density at radius 3 is 2.69 bits per heavy atom. The van der Waals surface area contributed by atoms with E-state index in [1.54, 1.807) is 9.15 Å². The molecule has 2 rings (SSSR count). The number of rotatable bonds is 2. The summed E-state index contributed by atoms with van der Waals surface area (Å²) in [6.07, 6.45) is 1.21. The Hall–Kier alpha value is -0.350. The summed E-state index contributed by atoms with van der Waals surface area (Å²) in [5.74, 6) is 0. The molecule has 1 aliphatic heterocycles. The molecule has 2 heteroatoms. The first-order valence-corrected chi connectivity index (χ1v) is 6.89. The molecule has 0 amide bonds. The van der Waals surface area contributed by atoms with Gasteiger partial charge in [-0.1, -0.05) is 30.3 Å². The van der Waals surface area contributed by atoms with E-state index in [1.165, 1.54) is 18.5 Å². The van der Waals surface area contributed by atoms with Gasteiger partial charge in [-0.2, -0.15) is 0 Å². The highest BCUT2D eigenvalue weighted by atomic mass is 127. The predicted octanol–water partition coefficient (Wildman–Crippen LogP) is 3.99. The molecule has 86 valence electrons. The maximum absolute atomic E-state index is 2.56. The van der Waals surface area contributed by atoms with Crippen molar-refractivity contribution in [3.05, 3.63) is 45.0 Å². The van der Waals surface area contributed by atoms with Crippen LogP contribution in [0.15, 0.2) is 39.5 Å². The van der Waals surface area contributed by atoms with Crippen LogP contribution in [0.4, 0.5) is 0 Å². The number of hydrogen-bond acceptors (Lipinski definition) is 1. The molecule has 1 aromatic carbocycles. The Balaban J connectivity index is 2.08. The minimum Gasteiger partial charge on any atom is -0.292 e. The molecule has 0 saturated carbocycles. The lowest BCUT2D eigenvalue weighted by atomic mass is 10.0. The standard InChI is InChI=1S/C14H18IN/c1-11-12(2)16(9-8-14(11)15)10-13-6-4-3-5-7-13/h3-7,12H,8-10H2,1-2H3. The first kappa shape index (κ1) is 12.1. The van der Waals surface area contributed by atoms with Crippen LogP contribution in [0.5, 0.6) is 0 Å². The van der Waals surface area contributed by atoms with Gasteiger partial charge in [-0.25, -0.2) is 0 Å². The van der Waals surface area contributed by atoms with Gasteiger partial charge in [-0.15, -0.1) is 0 Å². The van der Waals surface area contributed by atoms with Crippen LogP contribution in [0, 0.1) is 0 Å². The van der Waals surface area contributed by atoms with Gasteiger partial charge >= 0.3 is 0 Å². The van der Waals surface area contributed by atoms with Crippen molar-refractivity contribution in [1.29, 1.82) is 0 Å². The molecule has 0 aromatic heterocycles. The topological polar surface area (TPSA) is 3.24 Å². The highest BCUT2D eigenvalue weighted by Crippen LogP contribution is 2.28. The zero-order valence-corrected chi connectivity index (χ0v) is 12.1. The van der Waals surface area contributed by atoms with Crippen molar-refractivity contribution in [3.8, 4) is 0 Å². The Morgan fingerprint density at radius 2 is 2.00 bits per heavy atom. The summed E-state index contributed by atoms with van der Waals surface area (Å²) in [5.41, 5.74) is 2.96. The summed E-state index contributed by atoms with van der Waals surface area (Å²) in [6.45, 7) is 6.84. The lowest BCUT2D eigenvalue weighted by Gasteiger charge is -2.34. The molecule has 0 spiro atoms. The van der Waals surface area contributed by atoms with Gasteiger partial charge in [0.15, 0.2) is 0 Å². The number of benzene rings is 1. The third kappa shape index (κ3) is 2.66. The minimum absolute atomic E-state index is 0.584. The molecule has 1 aliphatic rings. The molecule has 0 N–H and O–H groups in total. The Morgan fingerprint density at radius 1 is 1.31 bits per heavy atom. The molecular formula is C14H18IN. The van der Waals surface area contributed by atoms with Crippen molar-refractivity contribution in [2.24, 2.45) is 0 Å². The fourth-order valence-corrected chi connectivity index (χ4v) is 2.86. The molecule has 1 unspecified atom stereocenters. The molecule has 0 saturated heterocycles. The van der Waals surface area contributed by atoms with Gasteiger partial charge in [-0.05, 0) is 57.6 Å². The van der Waals surface area contributed by atoms with E-state index in [0.717, 1.165) is 6.54 Å². The molecule has 0 aliphatic carbocycles. The fraction of sp³-hybridized carbons (Fsp3) is 0.429. The second-order valence-electron chi connectivity index (χ2n) is 4.47. The molecule has 16 heavy (non-hydrogen) atoms. The second-order valence-corrected chi connectivity index (χ2v) is 5.77. The number of hydrogen-bond donors (Lipinski definition) is 0. The van der Waals surface area contributed by atoms with Gasteiger partial charge in [0, 0.05) is 19.1 Å². The monoisotopic (exact) mass is 327 g/mol. The normalized spacial score (nSPS) is 22.6. The second kappa shape index (κ2) is 5.32.